The van der Waals surface area contributed by atoms with Crippen LogP contribution in [-0.2, 0) is 9.53 Å². The van der Waals surface area contributed by atoms with Gasteiger partial charge in [-0.1, -0.05) is 0 Å². The Labute approximate surface area is 161 Å². The number of nitrogens with one attached hydrogen (secondary N) is 3. The summed E-state index contributed by atoms with van der Waals surface area (Å²) in [6, 6.07) is 0.106. The lowest BCUT2D eigenvalue weighted by molar-refractivity contribution is -0.119. The predicted molar refractivity (Wildman–Crippen MR) is 105 cm³/mol. The molecule has 0 spiro atoms. The van der Waals surface area contributed by atoms with Crippen LogP contribution in [0.25, 0.3) is 0 Å². The number of amides is 2. The van der Waals surface area contributed by atoms with E-state index in [0.717, 1.165) is 0 Å². The highest BCUT2D eigenvalue weighted by atomic mass is 127. The summed E-state index contributed by atoms with van der Waals surface area (Å²) in [6.07, 6.45) is -0.306. The lowest BCUT2D eigenvalue weighted by Crippen LogP contribution is -2.63. The molecule has 0 bridgehead atoms. The molecule has 1 aliphatic rings. The monoisotopic (exact) mass is 455 g/mol. The normalized spacial score (nSPS) is 15.0. The molecule has 8 nitrogen and oxygen atoms in total. The van der Waals surface area contributed by atoms with E-state index >= 15 is 0 Å². The molecule has 0 aromatic rings. The Morgan fingerprint density at radius 2 is 1.75 bits per heavy atom. The number of guanidine groups is 1. The Balaban J connectivity index is 0.00000529. The minimum absolute atomic E-state index is 0. The summed E-state index contributed by atoms with van der Waals surface area (Å²) in [7, 11) is 0. The van der Waals surface area contributed by atoms with Gasteiger partial charge in [0.25, 0.3) is 0 Å². The molecule has 3 N–H and O–H groups in total. The first-order valence-corrected chi connectivity index (χ1v) is 8.04. The quantitative estimate of drug-likeness (QED) is 0.326. The SMILES string of the molecule is CCNC(=O)CN=C(NCC)NC1CN(C(=O)OC(C)(C)C)C1.I. The maximum Gasteiger partial charge on any atom is 0.410 e. The number of halogens is 1. The molecule has 1 saturated heterocycles. The lowest BCUT2D eigenvalue weighted by Gasteiger charge is -2.40. The van der Waals surface area contributed by atoms with Gasteiger partial charge in [-0.3, -0.25) is 4.79 Å². The summed E-state index contributed by atoms with van der Waals surface area (Å²) < 4.78 is 5.31. The van der Waals surface area contributed by atoms with Crippen LogP contribution >= 0.6 is 24.0 Å². The van der Waals surface area contributed by atoms with Gasteiger partial charge in [0.1, 0.15) is 12.1 Å². The van der Waals surface area contributed by atoms with Crippen LogP contribution in [0.1, 0.15) is 34.6 Å². The van der Waals surface area contributed by atoms with Crippen LogP contribution in [0.3, 0.4) is 0 Å². The van der Waals surface area contributed by atoms with Gasteiger partial charge in [-0.25, -0.2) is 9.79 Å². The molecule has 0 radical (unpaired) electrons. The first-order valence-electron chi connectivity index (χ1n) is 8.04. The highest BCUT2D eigenvalue weighted by molar-refractivity contribution is 14.0. The Morgan fingerprint density at radius 3 is 2.25 bits per heavy atom. The number of likely N-dealkylation sites (N-methyl/N-ethyl adjacent to an activating group) is 1. The first-order chi connectivity index (χ1) is 10.7. The third kappa shape index (κ3) is 8.55. The molecule has 0 unspecified atom stereocenters. The molecule has 0 saturated carbocycles. The van der Waals surface area contributed by atoms with E-state index in [4.69, 9.17) is 4.74 Å². The van der Waals surface area contributed by atoms with Crippen molar-refractivity contribution in [2.45, 2.75) is 46.3 Å². The molecular weight excluding hydrogens is 425 g/mol. The second kappa shape index (κ2) is 10.6. The zero-order valence-corrected chi connectivity index (χ0v) is 17.5. The zero-order valence-electron chi connectivity index (χ0n) is 15.1. The Kier molecular flexibility index (Phi) is 10.0. The number of rotatable bonds is 5. The molecule has 1 fully saturated rings. The van der Waals surface area contributed by atoms with E-state index in [-0.39, 0.29) is 48.6 Å². The van der Waals surface area contributed by atoms with Crippen molar-refractivity contribution in [3.63, 3.8) is 0 Å². The molecule has 0 atom stereocenters. The van der Waals surface area contributed by atoms with Gasteiger partial charge in [0.2, 0.25) is 5.91 Å². The van der Waals surface area contributed by atoms with Crippen molar-refractivity contribution in [2.24, 2.45) is 4.99 Å². The number of carbonyl (C=O) groups excluding carboxylic acids is 2. The average molecular weight is 455 g/mol. The van der Waals surface area contributed by atoms with E-state index < -0.39 is 5.60 Å². The Hall–Kier alpha value is -1.26. The van der Waals surface area contributed by atoms with Crippen LogP contribution in [0.5, 0.6) is 0 Å². The van der Waals surface area contributed by atoms with Crippen molar-refractivity contribution >= 4 is 41.9 Å². The predicted octanol–water partition coefficient (Wildman–Crippen LogP) is 0.915. The number of likely N-dealkylation sites (tertiary alicyclic amines) is 1. The maximum absolute atomic E-state index is 11.9. The van der Waals surface area contributed by atoms with Gasteiger partial charge in [0.15, 0.2) is 5.96 Å². The van der Waals surface area contributed by atoms with Crippen molar-refractivity contribution in [2.75, 3.05) is 32.7 Å². The summed E-state index contributed by atoms with van der Waals surface area (Å²) >= 11 is 0. The molecule has 0 aromatic heterocycles. The molecule has 140 valence electrons. The third-order valence-corrected chi connectivity index (χ3v) is 2.97. The van der Waals surface area contributed by atoms with Crippen LogP contribution in [0.2, 0.25) is 0 Å². The van der Waals surface area contributed by atoms with Crippen LogP contribution in [0.4, 0.5) is 4.79 Å². The second-order valence-corrected chi connectivity index (χ2v) is 6.38. The fraction of sp³-hybridized carbons (Fsp3) is 0.800. The number of carbonyl (C=O) groups is 2. The lowest BCUT2D eigenvalue weighted by atomic mass is 10.1. The summed E-state index contributed by atoms with van der Waals surface area (Å²) in [4.78, 5) is 29.2. The maximum atomic E-state index is 11.9. The number of ether oxygens (including phenoxy) is 1. The van der Waals surface area contributed by atoms with Gasteiger partial charge in [-0.05, 0) is 34.6 Å². The van der Waals surface area contributed by atoms with Crippen LogP contribution in [0, 0.1) is 0 Å². The van der Waals surface area contributed by atoms with Gasteiger partial charge in [-0.2, -0.15) is 0 Å². The van der Waals surface area contributed by atoms with Crippen molar-refractivity contribution in [3.8, 4) is 0 Å². The minimum atomic E-state index is -0.487. The zero-order chi connectivity index (χ0) is 17.5. The smallest absolute Gasteiger partial charge is 0.410 e. The van der Waals surface area contributed by atoms with E-state index in [2.05, 4.69) is 20.9 Å². The van der Waals surface area contributed by atoms with Crippen LogP contribution in [-0.4, -0.2) is 67.2 Å². The van der Waals surface area contributed by atoms with Crippen LogP contribution in [0.15, 0.2) is 4.99 Å². The Bertz CT molecular complexity index is 445. The van der Waals surface area contributed by atoms with E-state index in [1.807, 2.05) is 34.6 Å². The molecule has 9 heteroatoms. The highest BCUT2D eigenvalue weighted by Gasteiger charge is 2.34. The van der Waals surface area contributed by atoms with Gasteiger partial charge in [0.05, 0.1) is 6.04 Å². The largest absolute Gasteiger partial charge is 0.444 e. The van der Waals surface area contributed by atoms with Gasteiger partial charge < -0.3 is 25.6 Å². The molecule has 1 rings (SSSR count). The van der Waals surface area contributed by atoms with Gasteiger partial charge in [-0.15, -0.1) is 24.0 Å². The van der Waals surface area contributed by atoms with Crippen molar-refractivity contribution < 1.29 is 14.3 Å². The number of aliphatic imine (C=N–C) groups is 1. The van der Waals surface area contributed by atoms with E-state index in [9.17, 15) is 9.59 Å². The molecular formula is C15H30IN5O3. The van der Waals surface area contributed by atoms with E-state index in [1.54, 1.807) is 4.90 Å². The number of hydrogen-bond donors (Lipinski definition) is 3. The Morgan fingerprint density at radius 1 is 1.17 bits per heavy atom. The van der Waals surface area contributed by atoms with Crippen LogP contribution < -0.4 is 16.0 Å². The molecule has 2 amide bonds. The van der Waals surface area contributed by atoms with Gasteiger partial charge >= 0.3 is 6.09 Å². The average Bonchev–Trinajstić information content (AvgIpc) is 2.37. The molecule has 0 aromatic carbocycles. The molecule has 1 aliphatic heterocycles. The van der Waals surface area contributed by atoms with Crippen molar-refractivity contribution in [3.05, 3.63) is 0 Å². The fourth-order valence-electron chi connectivity index (χ4n) is 1.96. The molecule has 1 heterocycles. The summed E-state index contributed by atoms with van der Waals surface area (Å²) in [6.45, 7) is 11.8. The third-order valence-electron chi connectivity index (χ3n) is 2.97. The number of hydrogen-bond acceptors (Lipinski definition) is 4. The first kappa shape index (κ1) is 22.7. The summed E-state index contributed by atoms with van der Waals surface area (Å²) in [5.74, 6) is 0.460. The highest BCUT2D eigenvalue weighted by Crippen LogP contribution is 2.15. The van der Waals surface area contributed by atoms with Crippen molar-refractivity contribution in [1.82, 2.24) is 20.9 Å². The van der Waals surface area contributed by atoms with Crippen molar-refractivity contribution in [1.29, 1.82) is 0 Å². The minimum Gasteiger partial charge on any atom is -0.444 e. The molecule has 0 aliphatic carbocycles. The van der Waals surface area contributed by atoms with E-state index in [0.29, 0.717) is 32.1 Å². The van der Waals surface area contributed by atoms with Gasteiger partial charge in [0, 0.05) is 26.2 Å². The standard InChI is InChI=1S/C15H29N5O3.HI/c1-6-16-12(21)8-18-13(17-7-2)19-11-9-20(10-11)14(22)23-15(3,4)5;/h11H,6-10H2,1-5H3,(H,16,21)(H2,17,18,19);1H. The topological polar surface area (TPSA) is 95.1 Å². The second-order valence-electron chi connectivity index (χ2n) is 6.38. The summed E-state index contributed by atoms with van der Waals surface area (Å²) in [5.41, 5.74) is -0.487. The fourth-order valence-corrected chi connectivity index (χ4v) is 1.96. The summed E-state index contributed by atoms with van der Waals surface area (Å²) in [5, 5.41) is 8.99. The molecule has 24 heavy (non-hydrogen) atoms. The van der Waals surface area contributed by atoms with E-state index in [1.165, 1.54) is 0 Å². The number of nitrogens with zero attached hydrogens (tertiary/aromatic N) is 2.